The molecule has 0 aliphatic rings. The summed E-state index contributed by atoms with van der Waals surface area (Å²) >= 11 is 1.34. The lowest BCUT2D eigenvalue weighted by Crippen LogP contribution is -2.15. The van der Waals surface area contributed by atoms with Crippen molar-refractivity contribution >= 4 is 23.4 Å². The van der Waals surface area contributed by atoms with Gasteiger partial charge in [-0.25, -0.2) is 0 Å². The normalized spacial score (nSPS) is 10.7. The summed E-state index contributed by atoms with van der Waals surface area (Å²) in [5.74, 6) is 1.41. The van der Waals surface area contributed by atoms with Gasteiger partial charge in [-0.1, -0.05) is 90.6 Å². The van der Waals surface area contributed by atoms with E-state index >= 15 is 0 Å². The van der Waals surface area contributed by atoms with Gasteiger partial charge in [-0.15, -0.1) is 10.2 Å². The van der Waals surface area contributed by atoms with Crippen LogP contribution in [0.5, 0.6) is 5.75 Å². The zero-order valence-corrected chi connectivity index (χ0v) is 20.5. The van der Waals surface area contributed by atoms with Crippen LogP contribution in [0.25, 0.3) is 28.2 Å². The number of amides is 1. The SMILES string of the molecule is COc1ccccc1-c1nnc(SCC(=O)Nc2ccccc2-c2ccccc2)n1-c1ccccc1. The van der Waals surface area contributed by atoms with Crippen LogP contribution in [0, 0.1) is 0 Å². The Morgan fingerprint density at radius 2 is 1.44 bits per heavy atom. The van der Waals surface area contributed by atoms with Gasteiger partial charge in [0.2, 0.25) is 5.91 Å². The summed E-state index contributed by atoms with van der Waals surface area (Å²) in [5.41, 5.74) is 4.52. The van der Waals surface area contributed by atoms with Crippen molar-refractivity contribution < 1.29 is 9.53 Å². The number of anilines is 1. The Hall–Kier alpha value is -4.36. The maximum Gasteiger partial charge on any atom is 0.234 e. The first-order valence-electron chi connectivity index (χ1n) is 11.5. The summed E-state index contributed by atoms with van der Waals surface area (Å²) in [6, 6.07) is 35.4. The Labute approximate surface area is 214 Å². The molecule has 6 nitrogen and oxygen atoms in total. The van der Waals surface area contributed by atoms with Crippen molar-refractivity contribution in [2.45, 2.75) is 5.16 Å². The van der Waals surface area contributed by atoms with Crippen LogP contribution in [0.15, 0.2) is 114 Å². The fraction of sp³-hybridized carbons (Fsp3) is 0.0690. The third kappa shape index (κ3) is 5.01. The molecular weight excluding hydrogens is 468 g/mol. The van der Waals surface area contributed by atoms with Crippen LogP contribution < -0.4 is 10.1 Å². The Morgan fingerprint density at radius 3 is 2.19 bits per heavy atom. The van der Waals surface area contributed by atoms with E-state index in [9.17, 15) is 4.79 Å². The van der Waals surface area contributed by atoms with Gasteiger partial charge in [0.15, 0.2) is 11.0 Å². The first kappa shape index (κ1) is 23.4. The van der Waals surface area contributed by atoms with E-state index in [1.54, 1.807) is 7.11 Å². The fourth-order valence-electron chi connectivity index (χ4n) is 3.96. The summed E-state index contributed by atoms with van der Waals surface area (Å²) in [4.78, 5) is 13.0. The van der Waals surface area contributed by atoms with Crippen molar-refractivity contribution in [2.24, 2.45) is 0 Å². The fourth-order valence-corrected chi connectivity index (χ4v) is 4.71. The first-order chi connectivity index (χ1) is 17.7. The minimum atomic E-state index is -0.121. The number of para-hydroxylation sites is 3. The number of methoxy groups -OCH3 is 1. The summed E-state index contributed by atoms with van der Waals surface area (Å²) in [5, 5.41) is 12.6. The molecule has 1 N–H and O–H groups in total. The van der Waals surface area contributed by atoms with Crippen molar-refractivity contribution in [3.05, 3.63) is 109 Å². The molecule has 0 unspecified atom stereocenters. The maximum absolute atomic E-state index is 13.0. The molecule has 0 atom stereocenters. The van der Waals surface area contributed by atoms with Crippen molar-refractivity contribution in [3.8, 4) is 34.0 Å². The number of thioether (sulfide) groups is 1. The van der Waals surface area contributed by atoms with Gasteiger partial charge in [0.25, 0.3) is 0 Å². The molecule has 0 spiro atoms. The number of nitrogens with zero attached hydrogens (tertiary/aromatic N) is 3. The standard InChI is InChI=1S/C29H24N4O2S/c1-35-26-19-11-9-17-24(26)28-31-32-29(33(28)22-14-6-3-7-15-22)36-20-27(34)30-25-18-10-8-16-23(25)21-12-4-2-5-13-21/h2-19H,20H2,1H3,(H,30,34). The van der Waals surface area contributed by atoms with Gasteiger partial charge in [0, 0.05) is 16.9 Å². The second-order valence-corrected chi connectivity index (χ2v) is 8.87. The van der Waals surface area contributed by atoms with Crippen LogP contribution in [-0.4, -0.2) is 33.5 Å². The monoisotopic (exact) mass is 492 g/mol. The predicted molar refractivity (Wildman–Crippen MR) is 145 cm³/mol. The van der Waals surface area contributed by atoms with Crippen molar-refractivity contribution in [1.29, 1.82) is 0 Å². The van der Waals surface area contributed by atoms with Crippen molar-refractivity contribution in [1.82, 2.24) is 14.8 Å². The molecule has 1 amide bonds. The van der Waals surface area contributed by atoms with E-state index in [0.29, 0.717) is 16.7 Å². The van der Waals surface area contributed by atoms with Gasteiger partial charge < -0.3 is 10.1 Å². The number of hydrogen-bond acceptors (Lipinski definition) is 5. The van der Waals surface area contributed by atoms with Crippen LogP contribution in [-0.2, 0) is 4.79 Å². The molecule has 5 aromatic rings. The van der Waals surface area contributed by atoms with Gasteiger partial charge in [-0.3, -0.25) is 9.36 Å². The molecule has 1 heterocycles. The molecule has 178 valence electrons. The summed E-state index contributed by atoms with van der Waals surface area (Å²) < 4.78 is 7.51. The molecule has 0 aliphatic heterocycles. The third-order valence-corrected chi connectivity index (χ3v) is 6.54. The molecule has 0 aliphatic carbocycles. The number of hydrogen-bond donors (Lipinski definition) is 1. The third-order valence-electron chi connectivity index (χ3n) is 5.61. The number of aromatic nitrogens is 3. The lowest BCUT2D eigenvalue weighted by Gasteiger charge is -2.13. The van der Waals surface area contributed by atoms with Crippen LogP contribution in [0.4, 0.5) is 5.69 Å². The Bertz CT molecular complexity index is 1470. The van der Waals surface area contributed by atoms with E-state index in [2.05, 4.69) is 15.5 Å². The quantitative estimate of drug-likeness (QED) is 0.256. The van der Waals surface area contributed by atoms with E-state index in [4.69, 9.17) is 4.74 Å². The van der Waals surface area contributed by atoms with Gasteiger partial charge >= 0.3 is 0 Å². The van der Waals surface area contributed by atoms with E-state index < -0.39 is 0 Å². The lowest BCUT2D eigenvalue weighted by molar-refractivity contribution is -0.113. The van der Waals surface area contributed by atoms with E-state index in [0.717, 1.165) is 28.1 Å². The summed E-state index contributed by atoms with van der Waals surface area (Å²) in [6.45, 7) is 0. The van der Waals surface area contributed by atoms with Gasteiger partial charge in [0.05, 0.1) is 18.4 Å². The number of ether oxygens (including phenoxy) is 1. The maximum atomic E-state index is 13.0. The molecule has 4 aromatic carbocycles. The van der Waals surface area contributed by atoms with Crippen molar-refractivity contribution in [2.75, 3.05) is 18.2 Å². The predicted octanol–water partition coefficient (Wildman–Crippen LogP) is 6.34. The summed E-state index contributed by atoms with van der Waals surface area (Å²) in [7, 11) is 1.63. The number of benzene rings is 4. The molecule has 0 saturated carbocycles. The van der Waals surface area contributed by atoms with Crippen LogP contribution in [0.2, 0.25) is 0 Å². The molecule has 0 radical (unpaired) electrons. The second kappa shape index (κ2) is 10.9. The summed E-state index contributed by atoms with van der Waals surface area (Å²) in [6.07, 6.45) is 0. The molecule has 1 aromatic heterocycles. The highest BCUT2D eigenvalue weighted by molar-refractivity contribution is 7.99. The van der Waals surface area contributed by atoms with Crippen LogP contribution in [0.1, 0.15) is 0 Å². The molecular formula is C29H24N4O2S. The molecule has 0 saturated heterocycles. The molecule has 7 heteroatoms. The first-order valence-corrected chi connectivity index (χ1v) is 12.4. The van der Waals surface area contributed by atoms with E-state index in [1.807, 2.05) is 114 Å². The smallest absolute Gasteiger partial charge is 0.234 e. The Morgan fingerprint density at radius 1 is 0.806 bits per heavy atom. The largest absolute Gasteiger partial charge is 0.496 e. The van der Waals surface area contributed by atoms with Crippen LogP contribution >= 0.6 is 11.8 Å². The average molecular weight is 493 g/mol. The number of carbonyl (C=O) groups is 1. The highest BCUT2D eigenvalue weighted by Gasteiger charge is 2.20. The van der Waals surface area contributed by atoms with E-state index in [1.165, 1.54) is 11.8 Å². The van der Waals surface area contributed by atoms with Crippen molar-refractivity contribution in [3.63, 3.8) is 0 Å². The molecule has 0 bridgehead atoms. The van der Waals surface area contributed by atoms with Crippen LogP contribution in [0.3, 0.4) is 0 Å². The number of nitrogens with one attached hydrogen (secondary N) is 1. The molecule has 36 heavy (non-hydrogen) atoms. The zero-order valence-electron chi connectivity index (χ0n) is 19.7. The van der Waals surface area contributed by atoms with Gasteiger partial charge in [-0.2, -0.15) is 0 Å². The van der Waals surface area contributed by atoms with Gasteiger partial charge in [0.1, 0.15) is 5.75 Å². The highest BCUT2D eigenvalue weighted by Crippen LogP contribution is 2.33. The Kier molecular flexibility index (Phi) is 7.10. The second-order valence-electron chi connectivity index (χ2n) is 7.93. The Balaban J connectivity index is 1.40. The number of rotatable bonds is 8. The zero-order chi connectivity index (χ0) is 24.7. The number of carbonyl (C=O) groups excluding carboxylic acids is 1. The lowest BCUT2D eigenvalue weighted by atomic mass is 10.0. The average Bonchev–Trinajstić information content (AvgIpc) is 3.37. The topological polar surface area (TPSA) is 69.0 Å². The molecule has 0 fully saturated rings. The van der Waals surface area contributed by atoms with Gasteiger partial charge in [-0.05, 0) is 35.9 Å². The minimum absolute atomic E-state index is 0.121. The highest BCUT2D eigenvalue weighted by atomic mass is 32.2. The molecule has 5 rings (SSSR count). The van der Waals surface area contributed by atoms with E-state index in [-0.39, 0.29) is 11.7 Å². The minimum Gasteiger partial charge on any atom is -0.496 e.